The summed E-state index contributed by atoms with van der Waals surface area (Å²) in [6.07, 6.45) is 10.0. The molecule has 1 aliphatic carbocycles. The zero-order chi connectivity index (χ0) is 8.39. The molecule has 1 aliphatic heterocycles. The highest BCUT2D eigenvalue weighted by molar-refractivity contribution is 4.83. The van der Waals surface area contributed by atoms with Crippen molar-refractivity contribution in [2.75, 3.05) is 6.54 Å². The Labute approximate surface area is 75.1 Å². The van der Waals surface area contributed by atoms with E-state index >= 15 is 0 Å². The van der Waals surface area contributed by atoms with E-state index in [0.29, 0.717) is 6.17 Å². The normalized spacial score (nSPS) is 34.2. The minimum Gasteiger partial charge on any atom is -0.316 e. The van der Waals surface area contributed by atoms with Crippen LogP contribution < -0.4 is 5.73 Å². The average Bonchev–Trinajstić information content (AvgIpc) is 2.53. The lowest BCUT2D eigenvalue weighted by atomic mass is 9.94. The fraction of sp³-hybridized carbons (Fsp3) is 1.00. The first kappa shape index (κ1) is 8.52. The fourth-order valence-electron chi connectivity index (χ4n) is 2.68. The van der Waals surface area contributed by atoms with Gasteiger partial charge in [-0.25, -0.2) is 0 Å². The van der Waals surface area contributed by atoms with E-state index < -0.39 is 0 Å². The summed E-state index contributed by atoms with van der Waals surface area (Å²) in [5, 5.41) is 0. The molecule has 1 unspecified atom stereocenters. The first-order valence-corrected chi connectivity index (χ1v) is 5.39. The maximum atomic E-state index is 6.04. The minimum absolute atomic E-state index is 0.382. The highest BCUT2D eigenvalue weighted by Gasteiger charge is 2.28. The average molecular weight is 168 g/mol. The molecule has 0 bridgehead atoms. The van der Waals surface area contributed by atoms with E-state index in [2.05, 4.69) is 4.90 Å². The first-order chi connectivity index (χ1) is 5.88. The predicted molar refractivity (Wildman–Crippen MR) is 50.8 cm³/mol. The lowest BCUT2D eigenvalue weighted by Crippen LogP contribution is -2.44. The summed E-state index contributed by atoms with van der Waals surface area (Å²) in [4.78, 5) is 2.54. The van der Waals surface area contributed by atoms with Crippen molar-refractivity contribution in [2.45, 2.75) is 57.2 Å². The summed E-state index contributed by atoms with van der Waals surface area (Å²) in [6.45, 7) is 1.26. The molecule has 0 aromatic carbocycles. The predicted octanol–water partition coefficient (Wildman–Crippen LogP) is 1.70. The smallest absolute Gasteiger partial charge is 0.0574 e. The molecule has 2 aliphatic rings. The highest BCUT2D eigenvalue weighted by atomic mass is 15.3. The Morgan fingerprint density at radius 2 is 1.67 bits per heavy atom. The van der Waals surface area contributed by atoms with Crippen LogP contribution in [-0.4, -0.2) is 23.7 Å². The van der Waals surface area contributed by atoms with E-state index in [4.69, 9.17) is 5.73 Å². The number of hydrogen-bond donors (Lipinski definition) is 1. The molecule has 1 saturated carbocycles. The topological polar surface area (TPSA) is 29.3 Å². The standard InChI is InChI=1S/C10H20N2/c11-10-7-4-8-12(10)9-5-2-1-3-6-9/h9-10H,1-8,11H2. The van der Waals surface area contributed by atoms with E-state index in [1.54, 1.807) is 0 Å². The number of nitrogens with two attached hydrogens (primary N) is 1. The molecule has 2 N–H and O–H groups in total. The van der Waals surface area contributed by atoms with Crippen LogP contribution in [0.5, 0.6) is 0 Å². The Morgan fingerprint density at radius 1 is 0.917 bits per heavy atom. The first-order valence-electron chi connectivity index (χ1n) is 5.39. The van der Waals surface area contributed by atoms with Crippen LogP contribution in [0.4, 0.5) is 0 Å². The molecule has 0 spiro atoms. The van der Waals surface area contributed by atoms with Crippen LogP contribution in [0.3, 0.4) is 0 Å². The van der Waals surface area contributed by atoms with Gasteiger partial charge in [-0.1, -0.05) is 19.3 Å². The van der Waals surface area contributed by atoms with Crippen LogP contribution in [0.1, 0.15) is 44.9 Å². The largest absolute Gasteiger partial charge is 0.316 e. The maximum Gasteiger partial charge on any atom is 0.0574 e. The zero-order valence-corrected chi connectivity index (χ0v) is 7.84. The van der Waals surface area contributed by atoms with Gasteiger partial charge in [0.05, 0.1) is 6.17 Å². The van der Waals surface area contributed by atoms with Crippen LogP contribution in [-0.2, 0) is 0 Å². The summed E-state index contributed by atoms with van der Waals surface area (Å²) < 4.78 is 0. The SMILES string of the molecule is NC1CCCN1C1CCCCC1. The Bertz CT molecular complexity index is 141. The Hall–Kier alpha value is -0.0800. The molecule has 12 heavy (non-hydrogen) atoms. The molecule has 0 amide bonds. The Kier molecular flexibility index (Phi) is 2.66. The highest BCUT2D eigenvalue weighted by Crippen LogP contribution is 2.27. The summed E-state index contributed by atoms with van der Waals surface area (Å²) in [5.41, 5.74) is 6.04. The molecule has 1 saturated heterocycles. The Balaban J connectivity index is 1.89. The van der Waals surface area contributed by atoms with Gasteiger partial charge in [-0.3, -0.25) is 4.90 Å². The van der Waals surface area contributed by atoms with Crippen molar-refractivity contribution in [1.82, 2.24) is 4.90 Å². The number of likely N-dealkylation sites (tertiary alicyclic amines) is 1. The fourth-order valence-corrected chi connectivity index (χ4v) is 2.68. The summed E-state index contributed by atoms with van der Waals surface area (Å²) in [7, 11) is 0. The van der Waals surface area contributed by atoms with Gasteiger partial charge in [-0.2, -0.15) is 0 Å². The van der Waals surface area contributed by atoms with Crippen molar-refractivity contribution >= 4 is 0 Å². The second-order valence-electron chi connectivity index (χ2n) is 4.24. The molecule has 2 heteroatoms. The van der Waals surface area contributed by atoms with Crippen LogP contribution >= 0.6 is 0 Å². The molecule has 2 nitrogen and oxygen atoms in total. The van der Waals surface area contributed by atoms with Crippen molar-refractivity contribution in [3.05, 3.63) is 0 Å². The third-order valence-corrected chi connectivity index (χ3v) is 3.39. The van der Waals surface area contributed by atoms with Gasteiger partial charge < -0.3 is 5.73 Å². The molecule has 2 rings (SSSR count). The molecule has 2 fully saturated rings. The third-order valence-electron chi connectivity index (χ3n) is 3.39. The van der Waals surface area contributed by atoms with E-state index in [0.717, 1.165) is 6.04 Å². The Morgan fingerprint density at radius 3 is 2.25 bits per heavy atom. The van der Waals surface area contributed by atoms with Crippen molar-refractivity contribution in [2.24, 2.45) is 5.73 Å². The van der Waals surface area contributed by atoms with Crippen molar-refractivity contribution in [3.63, 3.8) is 0 Å². The molecular weight excluding hydrogens is 148 g/mol. The molecular formula is C10H20N2. The quantitative estimate of drug-likeness (QED) is 0.645. The van der Waals surface area contributed by atoms with Crippen molar-refractivity contribution in [3.8, 4) is 0 Å². The van der Waals surface area contributed by atoms with Gasteiger partial charge in [-0.05, 0) is 25.7 Å². The molecule has 0 aromatic heterocycles. The van der Waals surface area contributed by atoms with Crippen LogP contribution in [0, 0.1) is 0 Å². The summed E-state index contributed by atoms with van der Waals surface area (Å²) >= 11 is 0. The lowest BCUT2D eigenvalue weighted by Gasteiger charge is -2.33. The molecule has 0 radical (unpaired) electrons. The number of rotatable bonds is 1. The molecule has 70 valence electrons. The van der Waals surface area contributed by atoms with E-state index in [9.17, 15) is 0 Å². The second kappa shape index (κ2) is 3.75. The monoisotopic (exact) mass is 168 g/mol. The van der Waals surface area contributed by atoms with Gasteiger partial charge in [-0.15, -0.1) is 0 Å². The van der Waals surface area contributed by atoms with Crippen LogP contribution in [0.15, 0.2) is 0 Å². The third kappa shape index (κ3) is 1.64. The lowest BCUT2D eigenvalue weighted by molar-refractivity contribution is 0.145. The zero-order valence-electron chi connectivity index (χ0n) is 7.84. The van der Waals surface area contributed by atoms with Crippen LogP contribution in [0.25, 0.3) is 0 Å². The van der Waals surface area contributed by atoms with E-state index in [1.807, 2.05) is 0 Å². The van der Waals surface area contributed by atoms with Crippen molar-refractivity contribution < 1.29 is 0 Å². The van der Waals surface area contributed by atoms with Gasteiger partial charge in [0, 0.05) is 12.6 Å². The summed E-state index contributed by atoms with van der Waals surface area (Å²) in [5.74, 6) is 0. The summed E-state index contributed by atoms with van der Waals surface area (Å²) in [6, 6.07) is 0.830. The second-order valence-corrected chi connectivity index (χ2v) is 4.24. The van der Waals surface area contributed by atoms with E-state index in [-0.39, 0.29) is 0 Å². The molecule has 0 aromatic rings. The maximum absolute atomic E-state index is 6.04. The van der Waals surface area contributed by atoms with Gasteiger partial charge in [0.25, 0.3) is 0 Å². The van der Waals surface area contributed by atoms with Crippen LogP contribution in [0.2, 0.25) is 0 Å². The number of hydrogen-bond acceptors (Lipinski definition) is 2. The van der Waals surface area contributed by atoms with Crippen molar-refractivity contribution in [1.29, 1.82) is 0 Å². The van der Waals surface area contributed by atoms with Gasteiger partial charge in [0.15, 0.2) is 0 Å². The number of nitrogens with zero attached hydrogens (tertiary/aromatic N) is 1. The van der Waals surface area contributed by atoms with Gasteiger partial charge in [0.1, 0.15) is 0 Å². The van der Waals surface area contributed by atoms with Gasteiger partial charge in [0.2, 0.25) is 0 Å². The minimum atomic E-state index is 0.382. The molecule has 1 atom stereocenters. The molecule has 1 heterocycles. The van der Waals surface area contributed by atoms with E-state index in [1.165, 1.54) is 51.5 Å². The van der Waals surface area contributed by atoms with Gasteiger partial charge >= 0.3 is 0 Å².